The summed E-state index contributed by atoms with van der Waals surface area (Å²) in [5.74, 6) is -1.62. The molecule has 0 radical (unpaired) electrons. The molecule has 2 heterocycles. The third kappa shape index (κ3) is 5.07. The average molecular weight is 477 g/mol. The number of hydrogen-bond donors (Lipinski definition) is 3. The first-order valence-corrected chi connectivity index (χ1v) is 11.2. The molecule has 0 spiro atoms. The highest BCUT2D eigenvalue weighted by Crippen LogP contribution is 2.31. The van der Waals surface area contributed by atoms with Crippen LogP contribution < -0.4 is 16.1 Å². The zero-order valence-electron chi connectivity index (χ0n) is 17.9. The Bertz CT molecular complexity index is 1370. The Kier molecular flexibility index (Phi) is 6.88. The van der Waals surface area contributed by atoms with E-state index in [0.29, 0.717) is 15.8 Å². The van der Waals surface area contributed by atoms with E-state index in [1.54, 1.807) is 30.3 Å². The van der Waals surface area contributed by atoms with Crippen molar-refractivity contribution in [3.8, 4) is 0 Å². The summed E-state index contributed by atoms with van der Waals surface area (Å²) in [5.41, 5.74) is 0.875. The number of H-pyrrole nitrogens is 1. The Morgan fingerprint density at radius 3 is 2.50 bits per heavy atom. The first-order chi connectivity index (χ1) is 16.4. The molecule has 0 unspecified atom stereocenters. The summed E-state index contributed by atoms with van der Waals surface area (Å²) in [6.45, 7) is -0.330. The van der Waals surface area contributed by atoms with Crippen molar-refractivity contribution >= 4 is 51.7 Å². The minimum Gasteiger partial charge on any atom is -0.360 e. The van der Waals surface area contributed by atoms with Gasteiger partial charge in [-0.05, 0) is 35.5 Å². The Labute approximate surface area is 198 Å². The van der Waals surface area contributed by atoms with Crippen molar-refractivity contribution in [2.24, 2.45) is 0 Å². The molecule has 0 bridgehead atoms. The number of para-hydroxylation sites is 1. The van der Waals surface area contributed by atoms with Gasteiger partial charge in [-0.1, -0.05) is 42.5 Å². The van der Waals surface area contributed by atoms with Gasteiger partial charge in [0, 0.05) is 30.2 Å². The van der Waals surface area contributed by atoms with E-state index in [0.717, 1.165) is 22.2 Å². The van der Waals surface area contributed by atoms with Crippen molar-refractivity contribution in [2.45, 2.75) is 0 Å². The number of amides is 4. The van der Waals surface area contributed by atoms with E-state index in [9.17, 15) is 24.0 Å². The Morgan fingerprint density at radius 2 is 1.71 bits per heavy atom. The highest BCUT2D eigenvalue weighted by Gasteiger charge is 2.34. The molecule has 1 saturated heterocycles. The van der Waals surface area contributed by atoms with Crippen LogP contribution in [-0.4, -0.2) is 52.5 Å². The first kappa shape index (κ1) is 23.0. The number of nitrogens with zero attached hydrogens (tertiary/aromatic N) is 1. The monoisotopic (exact) mass is 476 g/mol. The second-order valence-corrected chi connectivity index (χ2v) is 8.35. The number of nitrogens with one attached hydrogen (secondary N) is 3. The molecule has 2 aromatic carbocycles. The third-order valence-corrected chi connectivity index (χ3v) is 5.98. The molecule has 34 heavy (non-hydrogen) atoms. The maximum Gasteiger partial charge on any atom is 0.293 e. The molecule has 0 saturated carbocycles. The SMILES string of the molecule is O=C(CNC(=O)c1c[nH]c2ccccc2c1=O)NCCN1C(=O)SC(=Cc2ccccc2)C1=O. The number of fused-ring (bicyclic) bond motifs is 1. The van der Waals surface area contributed by atoms with Gasteiger partial charge in [-0.25, -0.2) is 0 Å². The lowest BCUT2D eigenvalue weighted by atomic mass is 10.1. The normalized spacial score (nSPS) is 14.6. The fraction of sp³-hybridized carbons (Fsp3) is 0.125. The molecule has 4 rings (SSSR count). The Balaban J connectivity index is 1.27. The highest BCUT2D eigenvalue weighted by atomic mass is 32.2. The number of pyridine rings is 1. The van der Waals surface area contributed by atoms with Crippen LogP contribution in [0.2, 0.25) is 0 Å². The number of imide groups is 1. The summed E-state index contributed by atoms with van der Waals surface area (Å²) in [6.07, 6.45) is 2.95. The lowest BCUT2D eigenvalue weighted by Gasteiger charge is -2.13. The maximum absolute atomic E-state index is 12.5. The molecule has 0 atom stereocenters. The molecule has 172 valence electrons. The molecule has 0 aliphatic carbocycles. The predicted molar refractivity (Wildman–Crippen MR) is 129 cm³/mol. The van der Waals surface area contributed by atoms with Crippen LogP contribution in [-0.2, 0) is 9.59 Å². The van der Waals surface area contributed by atoms with Gasteiger partial charge in [0.05, 0.1) is 11.4 Å². The van der Waals surface area contributed by atoms with Crippen molar-refractivity contribution in [3.63, 3.8) is 0 Å². The zero-order chi connectivity index (χ0) is 24.1. The summed E-state index contributed by atoms with van der Waals surface area (Å²) < 4.78 is 0. The molecule has 3 N–H and O–H groups in total. The predicted octanol–water partition coefficient (Wildman–Crippen LogP) is 2.11. The zero-order valence-corrected chi connectivity index (χ0v) is 18.7. The van der Waals surface area contributed by atoms with Crippen LogP contribution in [0.15, 0.2) is 70.5 Å². The van der Waals surface area contributed by atoms with Gasteiger partial charge in [0.2, 0.25) is 11.3 Å². The number of rotatable bonds is 7. The Morgan fingerprint density at radius 1 is 0.971 bits per heavy atom. The highest BCUT2D eigenvalue weighted by molar-refractivity contribution is 8.18. The largest absolute Gasteiger partial charge is 0.360 e. The van der Waals surface area contributed by atoms with E-state index >= 15 is 0 Å². The molecule has 1 fully saturated rings. The Hall–Kier alpha value is -4.18. The van der Waals surface area contributed by atoms with Gasteiger partial charge in [-0.2, -0.15) is 0 Å². The second kappa shape index (κ2) is 10.2. The van der Waals surface area contributed by atoms with Crippen molar-refractivity contribution in [1.82, 2.24) is 20.5 Å². The summed E-state index contributed by atoms with van der Waals surface area (Å²) in [6, 6.07) is 16.0. The number of carbonyl (C=O) groups is 4. The van der Waals surface area contributed by atoms with Gasteiger partial charge >= 0.3 is 0 Å². The quantitative estimate of drug-likeness (QED) is 0.448. The topological polar surface area (TPSA) is 128 Å². The lowest BCUT2D eigenvalue weighted by molar-refractivity contribution is -0.124. The molecule has 3 aromatic rings. The van der Waals surface area contributed by atoms with Gasteiger partial charge in [-0.15, -0.1) is 0 Å². The van der Waals surface area contributed by atoms with Crippen molar-refractivity contribution < 1.29 is 19.2 Å². The summed E-state index contributed by atoms with van der Waals surface area (Å²) >= 11 is 0.846. The van der Waals surface area contributed by atoms with Crippen molar-refractivity contribution in [3.05, 3.63) is 87.0 Å². The number of aromatic nitrogens is 1. The third-order valence-electron chi connectivity index (χ3n) is 5.07. The number of aromatic amines is 1. The smallest absolute Gasteiger partial charge is 0.293 e. The van der Waals surface area contributed by atoms with E-state index in [4.69, 9.17) is 0 Å². The van der Waals surface area contributed by atoms with Crippen LogP contribution >= 0.6 is 11.8 Å². The van der Waals surface area contributed by atoms with Crippen LogP contribution in [0, 0.1) is 0 Å². The summed E-state index contributed by atoms with van der Waals surface area (Å²) in [5, 5.41) is 4.92. The molecule has 10 heteroatoms. The van der Waals surface area contributed by atoms with Crippen LogP contribution in [0.25, 0.3) is 17.0 Å². The molecule has 1 aliphatic heterocycles. The van der Waals surface area contributed by atoms with E-state index in [1.807, 2.05) is 30.3 Å². The lowest BCUT2D eigenvalue weighted by Crippen LogP contribution is -2.42. The van der Waals surface area contributed by atoms with Gasteiger partial charge in [0.25, 0.3) is 17.1 Å². The minimum absolute atomic E-state index is 0.000819. The molecule has 1 aliphatic rings. The van der Waals surface area contributed by atoms with Gasteiger partial charge < -0.3 is 15.6 Å². The van der Waals surface area contributed by atoms with Crippen LogP contribution in [0.5, 0.6) is 0 Å². The van der Waals surface area contributed by atoms with E-state index < -0.39 is 28.4 Å². The van der Waals surface area contributed by atoms with Crippen LogP contribution in [0.1, 0.15) is 15.9 Å². The molecular formula is C24H20N4O5S. The van der Waals surface area contributed by atoms with E-state index in [-0.39, 0.29) is 25.2 Å². The number of thioether (sulfide) groups is 1. The van der Waals surface area contributed by atoms with Gasteiger partial charge in [0.15, 0.2) is 0 Å². The summed E-state index contributed by atoms with van der Waals surface area (Å²) in [4.78, 5) is 65.9. The molecule has 1 aromatic heterocycles. The summed E-state index contributed by atoms with van der Waals surface area (Å²) in [7, 11) is 0. The fourth-order valence-electron chi connectivity index (χ4n) is 3.36. The van der Waals surface area contributed by atoms with E-state index in [1.165, 1.54) is 6.20 Å². The van der Waals surface area contributed by atoms with Crippen molar-refractivity contribution in [2.75, 3.05) is 19.6 Å². The van der Waals surface area contributed by atoms with Gasteiger partial charge in [0.1, 0.15) is 5.56 Å². The number of hydrogen-bond acceptors (Lipinski definition) is 6. The minimum atomic E-state index is -0.681. The standard InChI is InChI=1S/C24H20N4O5S/c29-20(14-27-22(31)17-13-26-18-9-5-4-8-16(18)21(17)30)25-10-11-28-23(32)19(34-24(28)33)12-15-6-2-1-3-7-15/h1-9,12-13H,10-11,14H2,(H,25,29)(H,26,30)(H,27,31). The fourth-order valence-corrected chi connectivity index (χ4v) is 4.22. The molecule has 9 nitrogen and oxygen atoms in total. The molecular weight excluding hydrogens is 456 g/mol. The number of carbonyl (C=O) groups excluding carboxylic acids is 4. The van der Waals surface area contributed by atoms with Gasteiger partial charge in [-0.3, -0.25) is 28.9 Å². The van der Waals surface area contributed by atoms with E-state index in [2.05, 4.69) is 15.6 Å². The molecule has 4 amide bonds. The average Bonchev–Trinajstić information content (AvgIpc) is 3.11. The second-order valence-electron chi connectivity index (χ2n) is 7.35. The van der Waals surface area contributed by atoms with Crippen LogP contribution in [0.4, 0.5) is 4.79 Å². The number of benzene rings is 2. The van der Waals surface area contributed by atoms with Crippen LogP contribution in [0.3, 0.4) is 0 Å². The van der Waals surface area contributed by atoms with Crippen molar-refractivity contribution in [1.29, 1.82) is 0 Å². The maximum atomic E-state index is 12.5. The first-order valence-electron chi connectivity index (χ1n) is 10.4.